The van der Waals surface area contributed by atoms with Crippen LogP contribution in [0.25, 0.3) is 0 Å². The number of rotatable bonds is 5. The first-order valence-corrected chi connectivity index (χ1v) is 8.56. The van der Waals surface area contributed by atoms with Gasteiger partial charge in [0.25, 0.3) is 0 Å². The van der Waals surface area contributed by atoms with E-state index in [0.29, 0.717) is 11.3 Å². The molecule has 0 spiro atoms. The van der Waals surface area contributed by atoms with Gasteiger partial charge in [-0.2, -0.15) is 0 Å². The molecule has 0 radical (unpaired) electrons. The predicted molar refractivity (Wildman–Crippen MR) is 101 cm³/mol. The highest BCUT2D eigenvalue weighted by molar-refractivity contribution is 5.85. The average Bonchev–Trinajstić information content (AvgIpc) is 2.42. The molecule has 2 amide bonds. The van der Waals surface area contributed by atoms with Crippen molar-refractivity contribution < 1.29 is 29.0 Å². The first-order valence-electron chi connectivity index (χ1n) is 8.56. The van der Waals surface area contributed by atoms with Crippen LogP contribution >= 0.6 is 0 Å². The minimum absolute atomic E-state index is 0.0262. The van der Waals surface area contributed by atoms with Gasteiger partial charge < -0.3 is 19.9 Å². The highest BCUT2D eigenvalue weighted by Gasteiger charge is 2.24. The second kappa shape index (κ2) is 8.75. The number of carbonyl (C=O) groups is 3. The number of nitrogens with one attached hydrogen (secondary N) is 2. The molecule has 8 nitrogen and oxygen atoms in total. The second-order valence-electron chi connectivity index (χ2n) is 8.07. The molecule has 0 aliphatic rings. The Morgan fingerprint density at radius 2 is 1.56 bits per heavy atom. The molecule has 0 aliphatic heterocycles. The maximum Gasteiger partial charge on any atom is 0.412 e. The monoisotopic (exact) mass is 380 g/mol. The van der Waals surface area contributed by atoms with E-state index in [1.54, 1.807) is 65.8 Å². The molecule has 0 saturated heterocycles. The van der Waals surface area contributed by atoms with Gasteiger partial charge in [-0.05, 0) is 59.2 Å². The van der Waals surface area contributed by atoms with E-state index < -0.39 is 35.4 Å². The molecule has 1 aromatic rings. The van der Waals surface area contributed by atoms with Crippen molar-refractivity contribution in [1.29, 1.82) is 0 Å². The van der Waals surface area contributed by atoms with Gasteiger partial charge in [-0.3, -0.25) is 5.32 Å². The fourth-order valence-electron chi connectivity index (χ4n) is 2.08. The summed E-state index contributed by atoms with van der Waals surface area (Å²) in [5, 5.41) is 14.3. The smallest absolute Gasteiger partial charge is 0.412 e. The van der Waals surface area contributed by atoms with Gasteiger partial charge >= 0.3 is 18.2 Å². The van der Waals surface area contributed by atoms with Crippen molar-refractivity contribution >= 4 is 23.8 Å². The summed E-state index contributed by atoms with van der Waals surface area (Å²) in [6.07, 6.45) is -1.39. The minimum atomic E-state index is -1.19. The lowest BCUT2D eigenvalue weighted by molar-refractivity contribution is -0.139. The van der Waals surface area contributed by atoms with Gasteiger partial charge in [0.2, 0.25) is 0 Å². The predicted octanol–water partition coefficient (Wildman–Crippen LogP) is 3.55. The summed E-state index contributed by atoms with van der Waals surface area (Å²) >= 11 is 0. The molecule has 0 aliphatic carbocycles. The molecular weight excluding hydrogens is 352 g/mol. The molecule has 1 atom stereocenters. The van der Waals surface area contributed by atoms with Gasteiger partial charge in [-0.25, -0.2) is 14.4 Å². The third-order valence-electron chi connectivity index (χ3n) is 3.00. The fourth-order valence-corrected chi connectivity index (χ4v) is 2.08. The summed E-state index contributed by atoms with van der Waals surface area (Å²) in [6.45, 7) is 10.3. The lowest BCUT2D eigenvalue weighted by Gasteiger charge is -2.22. The van der Waals surface area contributed by atoms with Gasteiger partial charge in [-0.15, -0.1) is 0 Å². The number of carboxylic acid groups (broad SMARTS) is 1. The van der Waals surface area contributed by atoms with Gasteiger partial charge in [0, 0.05) is 12.1 Å². The first-order chi connectivity index (χ1) is 12.2. The average molecular weight is 380 g/mol. The molecule has 1 unspecified atom stereocenters. The van der Waals surface area contributed by atoms with Crippen LogP contribution in [-0.2, 0) is 20.7 Å². The molecule has 0 bridgehead atoms. The number of amides is 2. The van der Waals surface area contributed by atoms with Crippen molar-refractivity contribution in [2.24, 2.45) is 0 Å². The summed E-state index contributed by atoms with van der Waals surface area (Å²) in [7, 11) is 0. The van der Waals surface area contributed by atoms with Crippen molar-refractivity contribution in [2.45, 2.75) is 65.2 Å². The third kappa shape index (κ3) is 9.48. The standard InChI is InChI=1S/C19H28N2O6/c1-18(2,3)26-16(24)20-13-9-7-8-12(10-13)11-14(15(22)23)21-17(25)27-19(4,5)6/h7-10,14H,11H2,1-6H3,(H,20,24)(H,21,25)(H,22,23). The molecule has 0 aromatic heterocycles. The zero-order valence-corrected chi connectivity index (χ0v) is 16.6. The van der Waals surface area contributed by atoms with Crippen LogP contribution in [0, 0.1) is 0 Å². The Morgan fingerprint density at radius 1 is 1.00 bits per heavy atom. The number of benzene rings is 1. The van der Waals surface area contributed by atoms with Gasteiger partial charge in [-0.1, -0.05) is 12.1 Å². The lowest BCUT2D eigenvalue weighted by Crippen LogP contribution is -2.44. The molecule has 8 heteroatoms. The molecular formula is C19H28N2O6. The highest BCUT2D eigenvalue weighted by atomic mass is 16.6. The SMILES string of the molecule is CC(C)(C)OC(=O)Nc1cccc(CC(NC(=O)OC(C)(C)C)C(=O)O)c1. The van der Waals surface area contributed by atoms with Crippen LogP contribution in [0.2, 0.25) is 0 Å². The van der Waals surface area contributed by atoms with E-state index in [1.807, 2.05) is 0 Å². The number of carboxylic acids is 1. The molecule has 0 fully saturated rings. The van der Waals surface area contributed by atoms with E-state index in [9.17, 15) is 19.5 Å². The lowest BCUT2D eigenvalue weighted by atomic mass is 10.1. The molecule has 27 heavy (non-hydrogen) atoms. The highest BCUT2D eigenvalue weighted by Crippen LogP contribution is 2.15. The van der Waals surface area contributed by atoms with Crippen molar-refractivity contribution in [3.05, 3.63) is 29.8 Å². The van der Waals surface area contributed by atoms with Crippen molar-refractivity contribution in [3.8, 4) is 0 Å². The molecule has 150 valence electrons. The Balaban J connectivity index is 2.79. The molecule has 3 N–H and O–H groups in total. The Kier molecular flexibility index (Phi) is 7.21. The Labute approximate surface area is 159 Å². The van der Waals surface area contributed by atoms with E-state index in [-0.39, 0.29) is 6.42 Å². The van der Waals surface area contributed by atoms with Crippen molar-refractivity contribution in [1.82, 2.24) is 5.32 Å². The minimum Gasteiger partial charge on any atom is -0.480 e. The number of anilines is 1. The van der Waals surface area contributed by atoms with E-state index in [1.165, 1.54) is 0 Å². The van der Waals surface area contributed by atoms with E-state index in [2.05, 4.69) is 10.6 Å². The number of hydrogen-bond donors (Lipinski definition) is 3. The van der Waals surface area contributed by atoms with Gasteiger partial charge in [0.05, 0.1) is 0 Å². The molecule has 0 saturated carbocycles. The summed E-state index contributed by atoms with van der Waals surface area (Å²) in [5.74, 6) is -1.19. The summed E-state index contributed by atoms with van der Waals surface area (Å²) < 4.78 is 10.3. The van der Waals surface area contributed by atoms with Crippen LogP contribution in [0.1, 0.15) is 47.1 Å². The quantitative estimate of drug-likeness (QED) is 0.720. The Morgan fingerprint density at radius 3 is 2.07 bits per heavy atom. The third-order valence-corrected chi connectivity index (χ3v) is 3.00. The van der Waals surface area contributed by atoms with Crippen LogP contribution in [0.3, 0.4) is 0 Å². The summed E-state index contributed by atoms with van der Waals surface area (Å²) in [4.78, 5) is 35.2. The van der Waals surface area contributed by atoms with Crippen LogP contribution < -0.4 is 10.6 Å². The summed E-state index contributed by atoms with van der Waals surface area (Å²) in [5.41, 5.74) is -0.284. The van der Waals surface area contributed by atoms with Crippen LogP contribution in [0.5, 0.6) is 0 Å². The van der Waals surface area contributed by atoms with Crippen LogP contribution in [0.15, 0.2) is 24.3 Å². The van der Waals surface area contributed by atoms with E-state index >= 15 is 0 Å². The van der Waals surface area contributed by atoms with Crippen molar-refractivity contribution in [2.75, 3.05) is 5.32 Å². The van der Waals surface area contributed by atoms with E-state index in [4.69, 9.17) is 9.47 Å². The maximum atomic E-state index is 11.8. The topological polar surface area (TPSA) is 114 Å². The number of hydrogen-bond acceptors (Lipinski definition) is 5. The zero-order chi connectivity index (χ0) is 20.8. The normalized spacial score (nSPS) is 12.7. The van der Waals surface area contributed by atoms with Crippen LogP contribution in [-0.4, -0.2) is 40.5 Å². The number of alkyl carbamates (subject to hydrolysis) is 1. The van der Waals surface area contributed by atoms with Crippen LogP contribution in [0.4, 0.5) is 15.3 Å². The Bertz CT molecular complexity index is 688. The number of ether oxygens (including phenoxy) is 2. The Hall–Kier alpha value is -2.77. The molecule has 1 rings (SSSR count). The first kappa shape index (κ1) is 22.3. The molecule has 1 aromatic carbocycles. The maximum absolute atomic E-state index is 11.8. The van der Waals surface area contributed by atoms with E-state index in [0.717, 1.165) is 0 Å². The van der Waals surface area contributed by atoms with Gasteiger partial charge in [0.1, 0.15) is 17.2 Å². The fraction of sp³-hybridized carbons (Fsp3) is 0.526. The van der Waals surface area contributed by atoms with Gasteiger partial charge in [0.15, 0.2) is 0 Å². The number of aliphatic carboxylic acids is 1. The largest absolute Gasteiger partial charge is 0.480 e. The molecule has 0 heterocycles. The number of carbonyl (C=O) groups excluding carboxylic acids is 2. The summed E-state index contributed by atoms with van der Waals surface area (Å²) in [6, 6.07) is 5.49. The second-order valence-corrected chi connectivity index (χ2v) is 8.07. The zero-order valence-electron chi connectivity index (χ0n) is 16.6. The van der Waals surface area contributed by atoms with Crippen molar-refractivity contribution in [3.63, 3.8) is 0 Å².